The van der Waals surface area contributed by atoms with Gasteiger partial charge in [-0.1, -0.05) is 17.7 Å². The monoisotopic (exact) mass is 268 g/mol. The molecule has 0 saturated heterocycles. The van der Waals surface area contributed by atoms with Crippen molar-refractivity contribution in [2.75, 3.05) is 0 Å². The van der Waals surface area contributed by atoms with Crippen molar-refractivity contribution < 1.29 is 14.6 Å². The van der Waals surface area contributed by atoms with Crippen LogP contribution in [0, 0.1) is 6.92 Å². The lowest BCUT2D eigenvalue weighted by atomic mass is 10.1. The molecule has 3 aromatic rings. The highest BCUT2D eigenvalue weighted by Gasteiger charge is 2.13. The lowest BCUT2D eigenvalue weighted by Crippen LogP contribution is -2.02. The standard InChI is InChI=1S/C15H12N2O3/c1-10-5-6-12(11(9-10)15(18)19)20-14-4-2-3-13-16-7-8-17(13)14/h2-9H,1H3,(H,18,19). The molecular formula is C15H12N2O3. The number of hydrogen-bond acceptors (Lipinski definition) is 3. The van der Waals surface area contributed by atoms with Crippen LogP contribution in [0.15, 0.2) is 48.8 Å². The van der Waals surface area contributed by atoms with Crippen molar-refractivity contribution in [2.45, 2.75) is 6.92 Å². The van der Waals surface area contributed by atoms with E-state index in [0.717, 1.165) is 11.2 Å². The summed E-state index contributed by atoms with van der Waals surface area (Å²) in [6.07, 6.45) is 3.43. The van der Waals surface area contributed by atoms with Gasteiger partial charge in [-0.3, -0.25) is 4.40 Å². The zero-order valence-electron chi connectivity index (χ0n) is 10.8. The predicted molar refractivity (Wildman–Crippen MR) is 73.4 cm³/mol. The number of aryl methyl sites for hydroxylation is 1. The molecule has 0 aliphatic heterocycles. The van der Waals surface area contributed by atoms with Gasteiger partial charge >= 0.3 is 5.97 Å². The SMILES string of the molecule is Cc1ccc(Oc2cccc3nccn23)c(C(=O)O)c1. The normalized spacial score (nSPS) is 10.7. The lowest BCUT2D eigenvalue weighted by Gasteiger charge is -2.10. The summed E-state index contributed by atoms with van der Waals surface area (Å²) >= 11 is 0. The maximum absolute atomic E-state index is 11.3. The Morgan fingerprint density at radius 3 is 2.95 bits per heavy atom. The molecule has 5 heteroatoms. The topological polar surface area (TPSA) is 63.8 Å². The molecule has 0 atom stereocenters. The number of rotatable bonds is 3. The number of imidazole rings is 1. The van der Waals surface area contributed by atoms with Gasteiger partial charge in [0.05, 0.1) is 0 Å². The molecule has 0 fully saturated rings. The Kier molecular flexibility index (Phi) is 2.87. The fourth-order valence-electron chi connectivity index (χ4n) is 2.02. The highest BCUT2D eigenvalue weighted by atomic mass is 16.5. The van der Waals surface area contributed by atoms with Gasteiger partial charge in [0.25, 0.3) is 0 Å². The number of pyridine rings is 1. The van der Waals surface area contributed by atoms with E-state index in [1.54, 1.807) is 35.0 Å². The Morgan fingerprint density at radius 2 is 2.15 bits per heavy atom. The van der Waals surface area contributed by atoms with Crippen LogP contribution in [0.3, 0.4) is 0 Å². The summed E-state index contributed by atoms with van der Waals surface area (Å²) in [7, 11) is 0. The molecule has 0 spiro atoms. The van der Waals surface area contributed by atoms with Crippen LogP contribution >= 0.6 is 0 Å². The number of carbonyl (C=O) groups is 1. The molecule has 1 aromatic carbocycles. The molecule has 2 heterocycles. The van der Waals surface area contributed by atoms with Gasteiger partial charge in [-0.25, -0.2) is 9.78 Å². The molecule has 0 aliphatic rings. The first-order valence-corrected chi connectivity index (χ1v) is 6.09. The Morgan fingerprint density at radius 1 is 1.30 bits per heavy atom. The van der Waals surface area contributed by atoms with E-state index < -0.39 is 5.97 Å². The van der Waals surface area contributed by atoms with Crippen LogP contribution in [0.1, 0.15) is 15.9 Å². The van der Waals surface area contributed by atoms with E-state index in [9.17, 15) is 9.90 Å². The summed E-state index contributed by atoms with van der Waals surface area (Å²) in [5.41, 5.74) is 1.75. The molecule has 0 saturated carbocycles. The predicted octanol–water partition coefficient (Wildman–Crippen LogP) is 3.13. The number of nitrogens with zero attached hydrogens (tertiary/aromatic N) is 2. The van der Waals surface area contributed by atoms with Gasteiger partial charge in [-0.15, -0.1) is 0 Å². The average Bonchev–Trinajstić information content (AvgIpc) is 2.90. The fourth-order valence-corrected chi connectivity index (χ4v) is 2.02. The van der Waals surface area contributed by atoms with Crippen molar-refractivity contribution in [1.29, 1.82) is 0 Å². The maximum atomic E-state index is 11.3. The van der Waals surface area contributed by atoms with Gasteiger partial charge in [0.2, 0.25) is 5.88 Å². The average molecular weight is 268 g/mol. The van der Waals surface area contributed by atoms with Gasteiger partial charge in [-0.2, -0.15) is 0 Å². The third-order valence-electron chi connectivity index (χ3n) is 2.97. The van der Waals surface area contributed by atoms with Gasteiger partial charge in [0.1, 0.15) is 17.0 Å². The smallest absolute Gasteiger partial charge is 0.339 e. The first-order chi connectivity index (χ1) is 9.65. The van der Waals surface area contributed by atoms with Crippen molar-refractivity contribution >= 4 is 11.6 Å². The van der Waals surface area contributed by atoms with Crippen molar-refractivity contribution in [3.8, 4) is 11.6 Å². The Hall–Kier alpha value is -2.82. The zero-order chi connectivity index (χ0) is 14.1. The summed E-state index contributed by atoms with van der Waals surface area (Å²) in [6.45, 7) is 1.84. The van der Waals surface area contributed by atoms with E-state index in [1.165, 1.54) is 0 Å². The second kappa shape index (κ2) is 4.70. The fraction of sp³-hybridized carbons (Fsp3) is 0.0667. The van der Waals surface area contributed by atoms with Crippen molar-refractivity contribution in [3.63, 3.8) is 0 Å². The van der Waals surface area contributed by atoms with E-state index in [0.29, 0.717) is 11.6 Å². The molecule has 3 rings (SSSR count). The highest BCUT2D eigenvalue weighted by Crippen LogP contribution is 2.26. The quantitative estimate of drug-likeness (QED) is 0.792. The van der Waals surface area contributed by atoms with Gasteiger partial charge < -0.3 is 9.84 Å². The zero-order valence-corrected chi connectivity index (χ0v) is 10.8. The molecule has 2 aromatic heterocycles. The minimum absolute atomic E-state index is 0.141. The molecule has 1 N–H and O–H groups in total. The number of carboxylic acids is 1. The van der Waals surface area contributed by atoms with Gasteiger partial charge in [0.15, 0.2) is 0 Å². The molecule has 5 nitrogen and oxygen atoms in total. The minimum Gasteiger partial charge on any atom is -0.478 e. The van der Waals surface area contributed by atoms with Gasteiger partial charge in [0, 0.05) is 12.4 Å². The third-order valence-corrected chi connectivity index (χ3v) is 2.97. The van der Waals surface area contributed by atoms with E-state index in [4.69, 9.17) is 4.74 Å². The van der Waals surface area contributed by atoms with Crippen LogP contribution in [-0.4, -0.2) is 20.5 Å². The van der Waals surface area contributed by atoms with Crippen LogP contribution in [0.25, 0.3) is 5.65 Å². The van der Waals surface area contributed by atoms with Crippen LogP contribution in [0.5, 0.6) is 11.6 Å². The summed E-state index contributed by atoms with van der Waals surface area (Å²) in [5, 5.41) is 9.24. The van der Waals surface area contributed by atoms with E-state index in [2.05, 4.69) is 4.98 Å². The molecule has 0 amide bonds. The number of benzene rings is 1. The number of ether oxygens (including phenoxy) is 1. The van der Waals surface area contributed by atoms with Crippen molar-refractivity contribution in [1.82, 2.24) is 9.38 Å². The van der Waals surface area contributed by atoms with Crippen LogP contribution in [0.2, 0.25) is 0 Å². The van der Waals surface area contributed by atoms with Crippen LogP contribution in [0.4, 0.5) is 0 Å². The lowest BCUT2D eigenvalue weighted by molar-refractivity contribution is 0.0694. The van der Waals surface area contributed by atoms with E-state index in [-0.39, 0.29) is 5.56 Å². The molecule has 100 valence electrons. The van der Waals surface area contributed by atoms with E-state index >= 15 is 0 Å². The summed E-state index contributed by atoms with van der Waals surface area (Å²) in [5.74, 6) is -0.183. The highest BCUT2D eigenvalue weighted by molar-refractivity contribution is 5.91. The first kappa shape index (κ1) is 12.2. The molecule has 0 unspecified atom stereocenters. The minimum atomic E-state index is -1.01. The molecule has 20 heavy (non-hydrogen) atoms. The molecule has 0 bridgehead atoms. The second-order valence-electron chi connectivity index (χ2n) is 4.43. The second-order valence-corrected chi connectivity index (χ2v) is 4.43. The van der Waals surface area contributed by atoms with Crippen molar-refractivity contribution in [2.24, 2.45) is 0 Å². The Bertz CT molecular complexity index is 793. The number of fused-ring (bicyclic) bond motifs is 1. The summed E-state index contributed by atoms with van der Waals surface area (Å²) in [6, 6.07) is 10.5. The molecular weight excluding hydrogens is 256 g/mol. The van der Waals surface area contributed by atoms with Crippen LogP contribution in [-0.2, 0) is 0 Å². The molecule has 0 radical (unpaired) electrons. The largest absolute Gasteiger partial charge is 0.478 e. The van der Waals surface area contributed by atoms with E-state index in [1.807, 2.05) is 25.1 Å². The summed E-state index contributed by atoms with van der Waals surface area (Å²) < 4.78 is 7.49. The number of carboxylic acid groups (broad SMARTS) is 1. The maximum Gasteiger partial charge on any atom is 0.339 e. The number of aromatic nitrogens is 2. The molecule has 0 aliphatic carbocycles. The Labute approximate surface area is 115 Å². The third kappa shape index (κ3) is 2.09. The van der Waals surface area contributed by atoms with Crippen LogP contribution < -0.4 is 4.74 Å². The summed E-state index contributed by atoms with van der Waals surface area (Å²) in [4.78, 5) is 15.4. The first-order valence-electron chi connectivity index (χ1n) is 6.09. The van der Waals surface area contributed by atoms with Gasteiger partial charge in [-0.05, 0) is 31.2 Å². The number of hydrogen-bond donors (Lipinski definition) is 1. The Balaban J connectivity index is 2.07. The van der Waals surface area contributed by atoms with Crippen molar-refractivity contribution in [3.05, 3.63) is 59.9 Å². The number of aromatic carboxylic acids is 1.